The monoisotopic (exact) mass is 202 g/mol. The molecule has 0 saturated carbocycles. The lowest BCUT2D eigenvalue weighted by Gasteiger charge is -2.21. The lowest BCUT2D eigenvalue weighted by Crippen LogP contribution is -2.28. The Labute approximate surface area is 78.8 Å². The average Bonchev–Trinajstić information content (AvgIpc) is 2.08. The van der Waals surface area contributed by atoms with Gasteiger partial charge >= 0.3 is 0 Å². The average molecular weight is 202 g/mol. The number of hydrogen-bond donors (Lipinski definition) is 0. The first-order chi connectivity index (χ1) is 6.06. The molecule has 74 valence electrons. The van der Waals surface area contributed by atoms with E-state index in [1.807, 2.05) is 0 Å². The molecule has 3 nitrogen and oxygen atoms in total. The molecule has 1 saturated heterocycles. The Morgan fingerprint density at radius 2 is 2.15 bits per heavy atom. The van der Waals surface area contributed by atoms with Crippen LogP contribution in [0.4, 0.5) is 0 Å². The van der Waals surface area contributed by atoms with Crippen molar-refractivity contribution in [1.29, 1.82) is 0 Å². The van der Waals surface area contributed by atoms with E-state index < -0.39 is 9.84 Å². The maximum absolute atomic E-state index is 11.5. The first kappa shape index (κ1) is 10.4. The molecular weight excluding hydrogens is 188 g/mol. The summed E-state index contributed by atoms with van der Waals surface area (Å²) in [5, 5.41) is -0.362. The summed E-state index contributed by atoms with van der Waals surface area (Å²) in [5.41, 5.74) is 0.385. The summed E-state index contributed by atoms with van der Waals surface area (Å²) in [6, 6.07) is 0. The van der Waals surface area contributed by atoms with Crippen LogP contribution in [0.1, 0.15) is 25.7 Å². The first-order valence-corrected chi connectivity index (χ1v) is 6.12. The lowest BCUT2D eigenvalue weighted by atomic mass is 10.1. The van der Waals surface area contributed by atoms with Crippen LogP contribution in [0.2, 0.25) is 0 Å². The highest BCUT2D eigenvalue weighted by molar-refractivity contribution is 7.92. The molecule has 13 heavy (non-hydrogen) atoms. The van der Waals surface area contributed by atoms with Gasteiger partial charge in [0, 0.05) is 0 Å². The number of hydrogen-bond acceptors (Lipinski definition) is 3. The van der Waals surface area contributed by atoms with Gasteiger partial charge in [0.2, 0.25) is 0 Å². The molecule has 1 aliphatic heterocycles. The van der Waals surface area contributed by atoms with Crippen molar-refractivity contribution in [3.8, 4) is 0 Å². The van der Waals surface area contributed by atoms with Gasteiger partial charge in [-0.15, -0.1) is 0 Å². The maximum atomic E-state index is 11.5. The van der Waals surface area contributed by atoms with Gasteiger partial charge in [0.15, 0.2) is 9.84 Å². The Bertz CT molecular complexity index is 303. The van der Waals surface area contributed by atoms with E-state index >= 15 is 0 Å². The Kier molecular flexibility index (Phi) is 3.25. The fourth-order valence-corrected chi connectivity index (χ4v) is 3.52. The molecule has 0 amide bonds. The Balaban J connectivity index is 2.67. The second-order valence-corrected chi connectivity index (χ2v) is 5.87. The van der Waals surface area contributed by atoms with Gasteiger partial charge in [-0.1, -0.05) is 13.0 Å². The predicted molar refractivity (Wildman–Crippen MR) is 51.2 cm³/mol. The number of carbonyl (C=O) groups is 1. The lowest BCUT2D eigenvalue weighted by molar-refractivity contribution is -0.105. The molecule has 0 aliphatic carbocycles. The van der Waals surface area contributed by atoms with Gasteiger partial charge in [-0.25, -0.2) is 8.42 Å². The van der Waals surface area contributed by atoms with Crippen molar-refractivity contribution in [2.75, 3.05) is 5.75 Å². The van der Waals surface area contributed by atoms with Gasteiger partial charge in [0.05, 0.1) is 11.0 Å². The van der Waals surface area contributed by atoms with Crippen LogP contribution in [0.25, 0.3) is 0 Å². The van der Waals surface area contributed by atoms with E-state index in [1.54, 1.807) is 0 Å². The molecule has 0 radical (unpaired) electrons. The zero-order valence-electron chi connectivity index (χ0n) is 7.53. The summed E-state index contributed by atoms with van der Waals surface area (Å²) < 4.78 is 23.0. The zero-order chi connectivity index (χ0) is 9.90. The normalized spacial score (nSPS) is 26.6. The van der Waals surface area contributed by atoms with Gasteiger partial charge in [-0.2, -0.15) is 0 Å². The third kappa shape index (κ3) is 2.66. The van der Waals surface area contributed by atoms with Crippen LogP contribution < -0.4 is 0 Å². The van der Waals surface area contributed by atoms with Crippen LogP contribution in [-0.2, 0) is 14.6 Å². The number of sulfone groups is 1. The number of rotatable bonds is 3. The van der Waals surface area contributed by atoms with Crippen molar-refractivity contribution < 1.29 is 13.2 Å². The standard InChI is InChI=1S/C9H14O3S/c1-8(7-10)6-9-4-2-3-5-13(9,11)12/h7,9H,1-6H2. The summed E-state index contributed by atoms with van der Waals surface area (Å²) in [6.45, 7) is 3.50. The van der Waals surface area contributed by atoms with Crippen LogP contribution in [0.15, 0.2) is 12.2 Å². The molecule has 0 aromatic rings. The third-order valence-corrected chi connectivity index (χ3v) is 4.65. The smallest absolute Gasteiger partial charge is 0.153 e. The zero-order valence-corrected chi connectivity index (χ0v) is 8.35. The van der Waals surface area contributed by atoms with Gasteiger partial charge in [0.25, 0.3) is 0 Å². The van der Waals surface area contributed by atoms with Crippen molar-refractivity contribution >= 4 is 16.1 Å². The molecular formula is C9H14O3S. The topological polar surface area (TPSA) is 51.2 Å². The molecule has 0 bridgehead atoms. The molecule has 0 N–H and O–H groups in total. The molecule has 0 aromatic heterocycles. The van der Waals surface area contributed by atoms with Crippen LogP contribution in [-0.4, -0.2) is 25.7 Å². The van der Waals surface area contributed by atoms with Crippen molar-refractivity contribution in [2.45, 2.75) is 30.9 Å². The van der Waals surface area contributed by atoms with E-state index in [4.69, 9.17) is 0 Å². The van der Waals surface area contributed by atoms with Crippen LogP contribution in [0.3, 0.4) is 0 Å². The van der Waals surface area contributed by atoms with Gasteiger partial charge in [-0.05, 0) is 24.8 Å². The summed E-state index contributed by atoms with van der Waals surface area (Å²) in [7, 11) is -2.95. The van der Waals surface area contributed by atoms with E-state index in [0.717, 1.165) is 12.8 Å². The number of aldehydes is 1. The molecule has 1 aliphatic rings. The summed E-state index contributed by atoms with van der Waals surface area (Å²) in [6.07, 6.45) is 3.33. The highest BCUT2D eigenvalue weighted by atomic mass is 32.2. The minimum atomic E-state index is -2.95. The summed E-state index contributed by atoms with van der Waals surface area (Å²) in [5.74, 6) is 0.268. The second kappa shape index (κ2) is 4.05. The van der Waals surface area contributed by atoms with Crippen molar-refractivity contribution in [1.82, 2.24) is 0 Å². The molecule has 0 spiro atoms. The molecule has 1 atom stereocenters. The molecule has 1 rings (SSSR count). The molecule has 4 heteroatoms. The minimum Gasteiger partial charge on any atom is -0.298 e. The van der Waals surface area contributed by atoms with E-state index in [0.29, 0.717) is 24.7 Å². The fourth-order valence-electron chi connectivity index (χ4n) is 1.59. The first-order valence-electron chi connectivity index (χ1n) is 4.41. The van der Waals surface area contributed by atoms with E-state index in [2.05, 4.69) is 6.58 Å². The van der Waals surface area contributed by atoms with Crippen molar-refractivity contribution in [2.24, 2.45) is 0 Å². The highest BCUT2D eigenvalue weighted by Crippen LogP contribution is 2.23. The fraction of sp³-hybridized carbons (Fsp3) is 0.667. The van der Waals surface area contributed by atoms with Crippen molar-refractivity contribution in [3.63, 3.8) is 0 Å². The quantitative estimate of drug-likeness (QED) is 0.508. The maximum Gasteiger partial charge on any atom is 0.153 e. The van der Waals surface area contributed by atoms with Crippen molar-refractivity contribution in [3.05, 3.63) is 12.2 Å². The Hall–Kier alpha value is -0.640. The van der Waals surface area contributed by atoms with Gasteiger partial charge in [0.1, 0.15) is 6.29 Å². The predicted octanol–water partition coefficient (Wildman–Crippen LogP) is 1.10. The number of carbonyl (C=O) groups excluding carboxylic acids is 1. The summed E-state index contributed by atoms with van der Waals surface area (Å²) >= 11 is 0. The molecule has 1 fully saturated rings. The third-order valence-electron chi connectivity index (χ3n) is 2.37. The largest absolute Gasteiger partial charge is 0.298 e. The molecule has 1 unspecified atom stereocenters. The summed E-state index contributed by atoms with van der Waals surface area (Å²) in [4.78, 5) is 10.3. The van der Waals surface area contributed by atoms with E-state index in [9.17, 15) is 13.2 Å². The second-order valence-electron chi connectivity index (χ2n) is 3.46. The van der Waals surface area contributed by atoms with E-state index in [-0.39, 0.29) is 11.0 Å². The van der Waals surface area contributed by atoms with Crippen LogP contribution >= 0.6 is 0 Å². The van der Waals surface area contributed by atoms with Gasteiger partial charge in [-0.3, -0.25) is 4.79 Å². The SMILES string of the molecule is C=C(C=O)CC1CCCCS1(=O)=O. The molecule has 1 heterocycles. The minimum absolute atomic E-state index is 0.268. The number of allylic oxidation sites excluding steroid dienone is 1. The highest BCUT2D eigenvalue weighted by Gasteiger charge is 2.28. The van der Waals surface area contributed by atoms with Crippen LogP contribution in [0, 0.1) is 0 Å². The van der Waals surface area contributed by atoms with Crippen LogP contribution in [0.5, 0.6) is 0 Å². The Morgan fingerprint density at radius 3 is 2.69 bits per heavy atom. The van der Waals surface area contributed by atoms with Gasteiger partial charge < -0.3 is 0 Å². The van der Waals surface area contributed by atoms with E-state index in [1.165, 1.54) is 0 Å². The Morgan fingerprint density at radius 1 is 1.46 bits per heavy atom. The molecule has 0 aromatic carbocycles.